The van der Waals surface area contributed by atoms with Crippen LogP contribution in [0.25, 0.3) is 6.08 Å². The Kier molecular flexibility index (Phi) is 4.83. The number of rotatable bonds is 5. The van der Waals surface area contributed by atoms with Gasteiger partial charge >= 0.3 is 5.97 Å². The summed E-state index contributed by atoms with van der Waals surface area (Å²) in [5.41, 5.74) is 2.01. The van der Waals surface area contributed by atoms with E-state index in [2.05, 4.69) is 5.32 Å². The fraction of sp³-hybridized carbons (Fsp3) is 0.565. The first kappa shape index (κ1) is 18.3. The van der Waals surface area contributed by atoms with Crippen molar-refractivity contribution >= 4 is 18.0 Å². The van der Waals surface area contributed by atoms with E-state index in [0.29, 0.717) is 0 Å². The Morgan fingerprint density at radius 1 is 1.11 bits per heavy atom. The van der Waals surface area contributed by atoms with Gasteiger partial charge in [0, 0.05) is 11.6 Å². The number of hydrogen-bond donors (Lipinski definition) is 1. The molecule has 5 rings (SSSR count). The summed E-state index contributed by atoms with van der Waals surface area (Å²) in [5.74, 6) is 1.67. The first-order valence-electron chi connectivity index (χ1n) is 10.2. The quantitative estimate of drug-likeness (QED) is 0.632. The van der Waals surface area contributed by atoms with E-state index in [1.807, 2.05) is 31.2 Å². The van der Waals surface area contributed by atoms with Crippen molar-refractivity contribution in [3.63, 3.8) is 0 Å². The van der Waals surface area contributed by atoms with Crippen molar-refractivity contribution in [2.75, 3.05) is 0 Å². The lowest BCUT2D eigenvalue weighted by Crippen LogP contribution is -2.61. The molecule has 4 fully saturated rings. The van der Waals surface area contributed by atoms with Crippen LogP contribution in [0.2, 0.25) is 0 Å². The van der Waals surface area contributed by atoms with Crippen LogP contribution in [0, 0.1) is 24.7 Å². The highest BCUT2D eigenvalue weighted by Crippen LogP contribution is 2.55. The van der Waals surface area contributed by atoms with E-state index in [9.17, 15) is 9.59 Å². The fourth-order valence-corrected chi connectivity index (χ4v) is 5.83. The van der Waals surface area contributed by atoms with Gasteiger partial charge in [0.1, 0.15) is 0 Å². The Bertz CT molecular complexity index is 731. The number of benzene rings is 1. The number of hydrogen-bond acceptors (Lipinski definition) is 3. The number of amides is 1. The predicted molar refractivity (Wildman–Crippen MR) is 105 cm³/mol. The molecule has 1 amide bonds. The van der Waals surface area contributed by atoms with Crippen LogP contribution in [0.15, 0.2) is 30.3 Å². The lowest BCUT2D eigenvalue weighted by atomic mass is 9.53. The van der Waals surface area contributed by atoms with Crippen LogP contribution < -0.4 is 5.32 Å². The summed E-state index contributed by atoms with van der Waals surface area (Å²) in [5, 5.41) is 3.27. The largest absolute Gasteiger partial charge is 0.449 e. The second-order valence-corrected chi connectivity index (χ2v) is 8.96. The fourth-order valence-electron chi connectivity index (χ4n) is 5.83. The number of esters is 1. The molecule has 0 heterocycles. The molecule has 4 aliphatic carbocycles. The third-order valence-corrected chi connectivity index (χ3v) is 6.68. The molecule has 0 unspecified atom stereocenters. The maximum atomic E-state index is 12.7. The minimum Gasteiger partial charge on any atom is -0.449 e. The summed E-state index contributed by atoms with van der Waals surface area (Å²) in [7, 11) is 0. The molecule has 1 N–H and O–H groups in total. The zero-order chi connectivity index (χ0) is 19.0. The Balaban J connectivity index is 1.33. The molecule has 1 aromatic rings. The highest BCUT2D eigenvalue weighted by Gasteiger charge is 2.51. The average molecular weight is 367 g/mol. The molecule has 4 bridgehead atoms. The van der Waals surface area contributed by atoms with E-state index in [1.54, 1.807) is 13.0 Å². The summed E-state index contributed by atoms with van der Waals surface area (Å²) in [4.78, 5) is 24.8. The summed E-state index contributed by atoms with van der Waals surface area (Å²) < 4.78 is 5.35. The van der Waals surface area contributed by atoms with Crippen LogP contribution in [0.3, 0.4) is 0 Å². The van der Waals surface area contributed by atoms with Crippen molar-refractivity contribution in [1.29, 1.82) is 0 Å². The van der Waals surface area contributed by atoms with Gasteiger partial charge in [0.2, 0.25) is 0 Å². The van der Waals surface area contributed by atoms with Crippen molar-refractivity contribution in [3.8, 4) is 0 Å². The summed E-state index contributed by atoms with van der Waals surface area (Å²) >= 11 is 0. The highest BCUT2D eigenvalue weighted by atomic mass is 16.5. The molecule has 144 valence electrons. The highest BCUT2D eigenvalue weighted by molar-refractivity contribution is 5.90. The molecule has 1 aromatic carbocycles. The zero-order valence-electron chi connectivity index (χ0n) is 16.2. The van der Waals surface area contributed by atoms with Gasteiger partial charge in [-0.05, 0) is 87.3 Å². The Labute approximate surface area is 161 Å². The van der Waals surface area contributed by atoms with Gasteiger partial charge in [-0.1, -0.05) is 24.3 Å². The second-order valence-electron chi connectivity index (χ2n) is 8.96. The number of ether oxygens (including phenoxy) is 1. The van der Waals surface area contributed by atoms with Crippen LogP contribution >= 0.6 is 0 Å². The molecular formula is C23H29NO3. The first-order valence-corrected chi connectivity index (χ1v) is 10.2. The van der Waals surface area contributed by atoms with Crippen molar-refractivity contribution in [2.45, 2.75) is 64.0 Å². The zero-order valence-corrected chi connectivity index (χ0v) is 16.2. The summed E-state index contributed by atoms with van der Waals surface area (Å²) in [6.45, 7) is 3.65. The molecular weight excluding hydrogens is 338 g/mol. The Hall–Kier alpha value is -2.10. The van der Waals surface area contributed by atoms with Gasteiger partial charge in [0.25, 0.3) is 5.91 Å². The topological polar surface area (TPSA) is 55.4 Å². The van der Waals surface area contributed by atoms with Crippen LogP contribution in [-0.4, -0.2) is 23.5 Å². The van der Waals surface area contributed by atoms with Crippen LogP contribution in [-0.2, 0) is 14.3 Å². The van der Waals surface area contributed by atoms with E-state index in [0.717, 1.165) is 48.1 Å². The predicted octanol–water partition coefficient (Wildman–Crippen LogP) is 4.02. The maximum absolute atomic E-state index is 12.7. The molecule has 1 atom stereocenters. The third-order valence-electron chi connectivity index (χ3n) is 6.68. The van der Waals surface area contributed by atoms with Gasteiger partial charge in [-0.15, -0.1) is 0 Å². The molecule has 4 nitrogen and oxygen atoms in total. The van der Waals surface area contributed by atoms with Crippen LogP contribution in [0.4, 0.5) is 0 Å². The minimum atomic E-state index is -0.771. The third kappa shape index (κ3) is 3.95. The van der Waals surface area contributed by atoms with Gasteiger partial charge < -0.3 is 10.1 Å². The summed E-state index contributed by atoms with van der Waals surface area (Å²) in [6.07, 6.45) is 9.66. The van der Waals surface area contributed by atoms with E-state index < -0.39 is 12.1 Å². The molecule has 4 saturated carbocycles. The normalized spacial score (nSPS) is 32.4. The minimum absolute atomic E-state index is 0.0521. The number of nitrogens with one attached hydrogen (secondary N) is 1. The summed E-state index contributed by atoms with van der Waals surface area (Å²) in [6, 6.07) is 7.83. The monoisotopic (exact) mass is 367 g/mol. The van der Waals surface area contributed by atoms with Crippen LogP contribution in [0.5, 0.6) is 0 Å². The SMILES string of the molecule is Cc1ccccc1/C=C/C(=O)O[C@H](C)C(=O)NC12CC3CC(CC(C3)C1)C2. The van der Waals surface area contributed by atoms with E-state index in [-0.39, 0.29) is 11.4 Å². The van der Waals surface area contributed by atoms with Crippen molar-refractivity contribution in [3.05, 3.63) is 41.5 Å². The van der Waals surface area contributed by atoms with Crippen molar-refractivity contribution < 1.29 is 14.3 Å². The molecule has 0 radical (unpaired) electrons. The van der Waals surface area contributed by atoms with Gasteiger partial charge in [0.15, 0.2) is 6.10 Å². The lowest BCUT2D eigenvalue weighted by Gasteiger charge is -2.57. The number of aryl methyl sites for hydroxylation is 1. The standard InChI is InChI=1S/C23H29NO3/c1-15-5-3-4-6-20(15)7-8-21(25)27-16(2)22(26)24-23-12-17-9-18(13-23)11-19(10-17)14-23/h3-8,16-19H,9-14H2,1-2H3,(H,24,26)/b8-7+/t16-,17?,18?,19?,23?/m1/s1. The van der Waals surface area contributed by atoms with Crippen LogP contribution in [0.1, 0.15) is 56.6 Å². The first-order chi connectivity index (χ1) is 12.9. The maximum Gasteiger partial charge on any atom is 0.331 e. The molecule has 4 heteroatoms. The van der Waals surface area contributed by atoms with Gasteiger partial charge in [0.05, 0.1) is 0 Å². The van der Waals surface area contributed by atoms with E-state index in [1.165, 1.54) is 25.3 Å². The van der Waals surface area contributed by atoms with Crippen molar-refractivity contribution in [2.24, 2.45) is 17.8 Å². The number of carbonyl (C=O) groups excluding carboxylic acids is 2. The number of carbonyl (C=O) groups is 2. The lowest BCUT2D eigenvalue weighted by molar-refractivity contribution is -0.152. The average Bonchev–Trinajstić information content (AvgIpc) is 2.59. The Morgan fingerprint density at radius 2 is 1.70 bits per heavy atom. The molecule has 0 aliphatic heterocycles. The smallest absolute Gasteiger partial charge is 0.331 e. The Morgan fingerprint density at radius 3 is 2.30 bits per heavy atom. The molecule has 27 heavy (non-hydrogen) atoms. The van der Waals surface area contributed by atoms with Gasteiger partial charge in [-0.25, -0.2) is 4.79 Å². The second kappa shape index (κ2) is 7.14. The molecule has 0 aromatic heterocycles. The molecule has 0 spiro atoms. The van der Waals surface area contributed by atoms with E-state index in [4.69, 9.17) is 4.74 Å². The molecule has 0 saturated heterocycles. The van der Waals surface area contributed by atoms with Gasteiger partial charge in [-0.3, -0.25) is 4.79 Å². The van der Waals surface area contributed by atoms with E-state index >= 15 is 0 Å². The van der Waals surface area contributed by atoms with Crippen molar-refractivity contribution in [1.82, 2.24) is 5.32 Å². The molecule has 4 aliphatic rings. The van der Waals surface area contributed by atoms with Gasteiger partial charge in [-0.2, -0.15) is 0 Å².